The number of carbonyl (C=O) groups is 4. The van der Waals surface area contributed by atoms with E-state index in [0.717, 1.165) is 7.11 Å². The van der Waals surface area contributed by atoms with Gasteiger partial charge in [0.2, 0.25) is 5.91 Å². The van der Waals surface area contributed by atoms with Gasteiger partial charge in [0.05, 0.1) is 7.11 Å². The van der Waals surface area contributed by atoms with Gasteiger partial charge in [-0.05, 0) is 32.8 Å². The molecule has 0 spiro atoms. The van der Waals surface area contributed by atoms with Gasteiger partial charge in [-0.3, -0.25) is 15.0 Å². The predicted octanol–water partition coefficient (Wildman–Crippen LogP) is 1.57. The molecule has 1 aromatic carbocycles. The van der Waals surface area contributed by atoms with Gasteiger partial charge in [-0.15, -0.1) is 0 Å². The Morgan fingerprint density at radius 3 is 2.26 bits per heavy atom. The molecular weight excluding hydrogens is 456 g/mol. The van der Waals surface area contributed by atoms with Crippen molar-refractivity contribution in [3.63, 3.8) is 0 Å². The fourth-order valence-corrected chi connectivity index (χ4v) is 2.90. The molecule has 0 aliphatic heterocycles. The Hall–Kier alpha value is -3.89. The van der Waals surface area contributed by atoms with Crippen LogP contribution in [0.4, 0.5) is 4.79 Å². The summed E-state index contributed by atoms with van der Waals surface area (Å²) in [6, 6.07) is 4.28. The predicted molar refractivity (Wildman–Crippen MR) is 129 cm³/mol. The van der Waals surface area contributed by atoms with Crippen LogP contribution in [0.3, 0.4) is 0 Å². The number of amides is 2. The number of benzene rings is 1. The molecule has 0 radical (unpaired) electrons. The smallest absolute Gasteiger partial charge is 0.408 e. The van der Waals surface area contributed by atoms with E-state index in [4.69, 9.17) is 25.4 Å². The number of carbonyl (C=O) groups excluding carboxylic acids is 4. The monoisotopic (exact) mass is 490 g/mol. The zero-order valence-corrected chi connectivity index (χ0v) is 20.5. The van der Waals surface area contributed by atoms with E-state index in [-0.39, 0.29) is 31.7 Å². The molecule has 0 heterocycles. The fraction of sp³-hybridized carbons (Fsp3) is 0.458. The van der Waals surface area contributed by atoms with Gasteiger partial charge in [-0.1, -0.05) is 36.9 Å². The molecule has 2 amide bonds. The van der Waals surface area contributed by atoms with Gasteiger partial charge < -0.3 is 30.6 Å². The van der Waals surface area contributed by atoms with Gasteiger partial charge in [0.1, 0.15) is 30.1 Å². The summed E-state index contributed by atoms with van der Waals surface area (Å²) >= 11 is 0. The minimum absolute atomic E-state index is 0.0488. The van der Waals surface area contributed by atoms with Crippen molar-refractivity contribution >= 4 is 29.8 Å². The molecule has 0 bridgehead atoms. The number of nitrogens with one attached hydrogen (secondary N) is 3. The van der Waals surface area contributed by atoms with E-state index >= 15 is 0 Å². The Labute approximate surface area is 204 Å². The van der Waals surface area contributed by atoms with Gasteiger partial charge >= 0.3 is 18.0 Å². The first kappa shape index (κ1) is 29.1. The van der Waals surface area contributed by atoms with Crippen molar-refractivity contribution in [3.8, 4) is 0 Å². The Morgan fingerprint density at radius 1 is 1.11 bits per heavy atom. The number of esters is 2. The normalized spacial score (nSPS) is 12.5. The number of hydrogen-bond acceptors (Lipinski definition) is 8. The van der Waals surface area contributed by atoms with Crippen LogP contribution in [-0.2, 0) is 35.0 Å². The highest BCUT2D eigenvalue weighted by Crippen LogP contribution is 2.12. The molecule has 2 atom stereocenters. The summed E-state index contributed by atoms with van der Waals surface area (Å²) < 4.78 is 14.9. The lowest BCUT2D eigenvalue weighted by Gasteiger charge is -2.23. The number of ether oxygens (including phenoxy) is 3. The molecule has 11 heteroatoms. The molecule has 0 saturated heterocycles. The Bertz CT molecular complexity index is 923. The first-order valence-corrected chi connectivity index (χ1v) is 10.9. The number of rotatable bonds is 12. The highest BCUT2D eigenvalue weighted by atomic mass is 16.6. The molecular formula is C24H34N4O7. The molecule has 0 aromatic heterocycles. The summed E-state index contributed by atoms with van der Waals surface area (Å²) in [5.74, 6) is -2.08. The third-order valence-electron chi connectivity index (χ3n) is 4.50. The molecule has 5 N–H and O–H groups in total. The van der Waals surface area contributed by atoms with Crippen LogP contribution in [0.2, 0.25) is 0 Å². The van der Waals surface area contributed by atoms with E-state index in [1.54, 1.807) is 45.0 Å². The number of alkyl carbamates (subject to hydrolysis) is 1. The molecule has 0 unspecified atom stereocenters. The van der Waals surface area contributed by atoms with Crippen molar-refractivity contribution < 1.29 is 33.4 Å². The Kier molecular flexibility index (Phi) is 11.4. The lowest BCUT2D eigenvalue weighted by atomic mass is 10.0. The number of amidine groups is 1. The summed E-state index contributed by atoms with van der Waals surface area (Å²) in [6.07, 6.45) is 0.373. The fourth-order valence-electron chi connectivity index (χ4n) is 2.90. The second kappa shape index (κ2) is 13.7. The summed E-state index contributed by atoms with van der Waals surface area (Å²) in [4.78, 5) is 49.5. The molecule has 192 valence electrons. The molecule has 0 aliphatic carbocycles. The van der Waals surface area contributed by atoms with Crippen LogP contribution >= 0.6 is 0 Å². The van der Waals surface area contributed by atoms with E-state index in [0.29, 0.717) is 11.1 Å². The van der Waals surface area contributed by atoms with Crippen LogP contribution < -0.4 is 16.4 Å². The topological polar surface area (TPSA) is 170 Å². The Morgan fingerprint density at radius 2 is 1.74 bits per heavy atom. The van der Waals surface area contributed by atoms with Crippen LogP contribution in [0.15, 0.2) is 36.9 Å². The summed E-state index contributed by atoms with van der Waals surface area (Å²) in [7, 11) is 1.16. The second-order valence-corrected chi connectivity index (χ2v) is 8.61. The maximum atomic E-state index is 13.1. The number of nitrogen functional groups attached to an aromatic ring is 1. The van der Waals surface area contributed by atoms with Gasteiger partial charge in [-0.2, -0.15) is 0 Å². The standard InChI is InChI=1S/C24H34N4O7/c1-6-13-34-23(32)28-18(14-15-7-9-16(10-8-15)20(25)26)21(30)27-17(22(31)33-5)11-12-19(29)35-24(2,3)4/h6-10,17-18H,1,11-14H2,2-5H3,(H3,25,26)(H,27,30)(H,28,32)/t17-,18-/m0/s1. The summed E-state index contributed by atoms with van der Waals surface area (Å²) in [5.41, 5.74) is 5.93. The first-order valence-electron chi connectivity index (χ1n) is 10.9. The maximum Gasteiger partial charge on any atom is 0.408 e. The summed E-state index contributed by atoms with van der Waals surface area (Å²) in [5, 5.41) is 12.5. The van der Waals surface area contributed by atoms with Crippen LogP contribution in [0, 0.1) is 5.41 Å². The second-order valence-electron chi connectivity index (χ2n) is 8.61. The molecule has 0 saturated carbocycles. The number of nitrogens with two attached hydrogens (primary N) is 1. The maximum absolute atomic E-state index is 13.1. The molecule has 35 heavy (non-hydrogen) atoms. The van der Waals surface area contributed by atoms with Crippen LogP contribution in [-0.4, -0.2) is 61.2 Å². The van der Waals surface area contributed by atoms with Crippen molar-refractivity contribution in [2.45, 2.75) is 57.7 Å². The van der Waals surface area contributed by atoms with E-state index in [1.165, 1.54) is 6.08 Å². The minimum atomic E-state index is -1.14. The first-order chi connectivity index (χ1) is 16.4. The van der Waals surface area contributed by atoms with E-state index < -0.39 is 41.6 Å². The lowest BCUT2D eigenvalue weighted by molar-refractivity contribution is -0.155. The Balaban J connectivity index is 3.00. The average molecular weight is 491 g/mol. The van der Waals surface area contributed by atoms with E-state index in [1.807, 2.05) is 0 Å². The largest absolute Gasteiger partial charge is 0.467 e. The van der Waals surface area contributed by atoms with Gasteiger partial charge in [0, 0.05) is 18.4 Å². The highest BCUT2D eigenvalue weighted by Gasteiger charge is 2.29. The van der Waals surface area contributed by atoms with Gasteiger partial charge in [0.15, 0.2) is 0 Å². The van der Waals surface area contributed by atoms with Crippen LogP contribution in [0.5, 0.6) is 0 Å². The van der Waals surface area contributed by atoms with Crippen molar-refractivity contribution in [3.05, 3.63) is 48.0 Å². The van der Waals surface area contributed by atoms with Crippen molar-refractivity contribution in [2.75, 3.05) is 13.7 Å². The van der Waals surface area contributed by atoms with Crippen molar-refractivity contribution in [1.82, 2.24) is 10.6 Å². The lowest BCUT2D eigenvalue weighted by Crippen LogP contribution is -2.53. The highest BCUT2D eigenvalue weighted by molar-refractivity contribution is 5.95. The van der Waals surface area contributed by atoms with Crippen LogP contribution in [0.1, 0.15) is 44.7 Å². The zero-order chi connectivity index (χ0) is 26.6. The molecule has 0 aliphatic rings. The van der Waals surface area contributed by atoms with Gasteiger partial charge in [-0.25, -0.2) is 9.59 Å². The third-order valence-corrected chi connectivity index (χ3v) is 4.50. The quantitative estimate of drug-likeness (QED) is 0.112. The summed E-state index contributed by atoms with van der Waals surface area (Å²) in [6.45, 7) is 8.55. The van der Waals surface area contributed by atoms with Crippen LogP contribution in [0.25, 0.3) is 0 Å². The minimum Gasteiger partial charge on any atom is -0.467 e. The van der Waals surface area contributed by atoms with E-state index in [2.05, 4.69) is 17.2 Å². The van der Waals surface area contributed by atoms with Crippen molar-refractivity contribution in [2.24, 2.45) is 5.73 Å². The van der Waals surface area contributed by atoms with Gasteiger partial charge in [0.25, 0.3) is 0 Å². The molecule has 0 fully saturated rings. The molecule has 1 aromatic rings. The molecule has 1 rings (SSSR count). The van der Waals surface area contributed by atoms with Crippen molar-refractivity contribution in [1.29, 1.82) is 5.41 Å². The number of methoxy groups -OCH3 is 1. The number of hydrogen-bond donors (Lipinski definition) is 4. The SMILES string of the molecule is C=CCOC(=O)N[C@@H](Cc1ccc(C(=N)N)cc1)C(=O)N[C@@H](CCC(=O)OC(C)(C)C)C(=O)OC. The zero-order valence-electron chi connectivity index (χ0n) is 20.5. The molecule has 11 nitrogen and oxygen atoms in total. The average Bonchev–Trinajstić information content (AvgIpc) is 2.78. The third kappa shape index (κ3) is 11.2. The van der Waals surface area contributed by atoms with E-state index in [9.17, 15) is 19.2 Å².